The van der Waals surface area contributed by atoms with Crippen LogP contribution in [0.25, 0.3) is 16.7 Å². The topological polar surface area (TPSA) is 70.0 Å². The molecule has 0 aliphatic heterocycles. The van der Waals surface area contributed by atoms with E-state index in [0.717, 1.165) is 0 Å². The van der Waals surface area contributed by atoms with E-state index in [1.54, 1.807) is 18.2 Å². The Morgan fingerprint density at radius 2 is 2.29 bits per heavy atom. The predicted molar refractivity (Wildman–Crippen MR) is 50.2 cm³/mol. The highest BCUT2D eigenvalue weighted by Gasteiger charge is 2.09. The maximum atomic E-state index is 8.72. The first kappa shape index (κ1) is 8.32. The molecule has 2 rings (SSSR count). The third kappa shape index (κ3) is 1.21. The first-order chi connectivity index (χ1) is 6.85. The van der Waals surface area contributed by atoms with Gasteiger partial charge < -0.3 is 9.52 Å². The Morgan fingerprint density at radius 1 is 1.50 bits per heavy atom. The number of rotatable bonds is 1. The zero-order valence-corrected chi connectivity index (χ0v) is 7.14. The van der Waals surface area contributed by atoms with Crippen molar-refractivity contribution in [3.8, 4) is 6.07 Å². The lowest BCUT2D eigenvalue weighted by Gasteiger charge is -1.85. The highest BCUT2D eigenvalue weighted by Crippen LogP contribution is 2.19. The van der Waals surface area contributed by atoms with E-state index in [1.807, 2.05) is 12.1 Å². The van der Waals surface area contributed by atoms with Crippen molar-refractivity contribution in [2.75, 3.05) is 0 Å². The molecule has 0 spiro atoms. The molecule has 68 valence electrons. The van der Waals surface area contributed by atoms with E-state index in [1.165, 1.54) is 0 Å². The fourth-order valence-corrected chi connectivity index (χ4v) is 1.12. The average molecular weight is 186 g/mol. The lowest BCUT2D eigenvalue weighted by Crippen LogP contribution is -1.79. The standard InChI is InChI=1S/C10H6N2O2/c11-5-7(6-13)10-12-8-3-1-2-4-9(8)14-10/h1-4,6,13H. The molecule has 0 saturated carbocycles. The summed E-state index contributed by atoms with van der Waals surface area (Å²) in [4.78, 5) is 4.04. The van der Waals surface area contributed by atoms with Crippen molar-refractivity contribution in [2.24, 2.45) is 0 Å². The Bertz CT molecular complexity index is 501. The van der Waals surface area contributed by atoms with Gasteiger partial charge in [-0.25, -0.2) is 4.98 Å². The Labute approximate surface area is 79.7 Å². The molecular formula is C10H6N2O2. The zero-order chi connectivity index (χ0) is 9.97. The number of para-hydroxylation sites is 2. The van der Waals surface area contributed by atoms with Gasteiger partial charge >= 0.3 is 0 Å². The molecule has 4 nitrogen and oxygen atoms in total. The van der Waals surface area contributed by atoms with Crippen LogP contribution < -0.4 is 0 Å². The summed E-state index contributed by atoms with van der Waals surface area (Å²) in [6, 6.07) is 8.94. The summed E-state index contributed by atoms with van der Waals surface area (Å²) in [7, 11) is 0. The second-order valence-electron chi connectivity index (χ2n) is 2.64. The Hall–Kier alpha value is -2.28. The van der Waals surface area contributed by atoms with Gasteiger partial charge in [0.2, 0.25) is 5.89 Å². The number of allylic oxidation sites excluding steroid dienone is 1. The Kier molecular flexibility index (Phi) is 1.92. The molecule has 2 aromatic rings. The second kappa shape index (κ2) is 3.23. The van der Waals surface area contributed by atoms with Gasteiger partial charge in [-0.1, -0.05) is 12.1 Å². The summed E-state index contributed by atoms with van der Waals surface area (Å²) in [6.07, 6.45) is 0.685. The minimum atomic E-state index is 0.0150. The summed E-state index contributed by atoms with van der Waals surface area (Å²) in [6.45, 7) is 0. The van der Waals surface area contributed by atoms with Crippen LogP contribution in [0.4, 0.5) is 0 Å². The van der Waals surface area contributed by atoms with E-state index in [9.17, 15) is 0 Å². The van der Waals surface area contributed by atoms with E-state index in [0.29, 0.717) is 17.4 Å². The highest BCUT2D eigenvalue weighted by atomic mass is 16.3. The number of oxazole rings is 1. The van der Waals surface area contributed by atoms with E-state index in [-0.39, 0.29) is 11.5 Å². The van der Waals surface area contributed by atoms with Crippen LogP contribution in [-0.4, -0.2) is 10.1 Å². The van der Waals surface area contributed by atoms with Crippen LogP contribution in [0.15, 0.2) is 34.9 Å². The fourth-order valence-electron chi connectivity index (χ4n) is 1.12. The van der Waals surface area contributed by atoms with E-state index < -0.39 is 0 Å². The summed E-state index contributed by atoms with van der Waals surface area (Å²) in [5, 5.41) is 17.3. The van der Waals surface area contributed by atoms with Crippen molar-refractivity contribution >= 4 is 16.7 Å². The zero-order valence-electron chi connectivity index (χ0n) is 7.14. The molecule has 0 saturated heterocycles. The van der Waals surface area contributed by atoms with Crippen molar-refractivity contribution in [1.29, 1.82) is 5.26 Å². The van der Waals surface area contributed by atoms with Crippen LogP contribution >= 0.6 is 0 Å². The summed E-state index contributed by atoms with van der Waals surface area (Å²) < 4.78 is 5.25. The Balaban J connectivity index is 2.62. The van der Waals surface area contributed by atoms with Gasteiger partial charge in [-0.15, -0.1) is 0 Å². The summed E-state index contributed by atoms with van der Waals surface area (Å²) in [5.74, 6) is 0.135. The van der Waals surface area contributed by atoms with Gasteiger partial charge in [0, 0.05) is 0 Å². The number of aliphatic hydroxyl groups excluding tert-OH is 1. The SMILES string of the molecule is N#CC(=CO)c1nc2ccccc2o1. The molecule has 1 N–H and O–H groups in total. The molecule has 1 aromatic carbocycles. The maximum absolute atomic E-state index is 8.72. The van der Waals surface area contributed by atoms with E-state index in [4.69, 9.17) is 14.8 Å². The van der Waals surface area contributed by atoms with Gasteiger partial charge in [-0.3, -0.25) is 0 Å². The monoisotopic (exact) mass is 186 g/mol. The summed E-state index contributed by atoms with van der Waals surface area (Å²) >= 11 is 0. The highest BCUT2D eigenvalue weighted by molar-refractivity contribution is 5.78. The quantitative estimate of drug-likeness (QED) is 0.547. The number of nitrogens with zero attached hydrogens (tertiary/aromatic N) is 2. The van der Waals surface area contributed by atoms with Crippen LogP contribution in [0.1, 0.15) is 5.89 Å². The van der Waals surface area contributed by atoms with Crippen LogP contribution in [-0.2, 0) is 0 Å². The molecule has 0 bridgehead atoms. The number of hydrogen-bond acceptors (Lipinski definition) is 4. The molecule has 0 radical (unpaired) electrons. The number of nitriles is 1. The van der Waals surface area contributed by atoms with E-state index in [2.05, 4.69) is 4.98 Å². The third-order valence-electron chi connectivity index (χ3n) is 1.77. The summed E-state index contributed by atoms with van der Waals surface area (Å²) in [5.41, 5.74) is 1.27. The molecule has 1 heterocycles. The van der Waals surface area contributed by atoms with Crippen molar-refractivity contribution < 1.29 is 9.52 Å². The number of benzene rings is 1. The molecule has 0 atom stereocenters. The van der Waals surface area contributed by atoms with Crippen molar-refractivity contribution in [3.63, 3.8) is 0 Å². The number of aliphatic hydroxyl groups is 1. The van der Waals surface area contributed by atoms with Gasteiger partial charge in [0.05, 0.1) is 0 Å². The van der Waals surface area contributed by atoms with Gasteiger partial charge in [-0.05, 0) is 12.1 Å². The minimum absolute atomic E-state index is 0.0150. The van der Waals surface area contributed by atoms with Crippen LogP contribution in [0.5, 0.6) is 0 Å². The van der Waals surface area contributed by atoms with Crippen LogP contribution in [0, 0.1) is 11.3 Å². The minimum Gasteiger partial charge on any atom is -0.514 e. The molecule has 0 aliphatic carbocycles. The third-order valence-corrected chi connectivity index (χ3v) is 1.77. The van der Waals surface area contributed by atoms with Gasteiger partial charge in [0.1, 0.15) is 23.4 Å². The molecular weight excluding hydrogens is 180 g/mol. The van der Waals surface area contributed by atoms with Crippen molar-refractivity contribution in [3.05, 3.63) is 36.4 Å². The molecule has 0 aliphatic rings. The van der Waals surface area contributed by atoms with Crippen LogP contribution in [0.3, 0.4) is 0 Å². The number of aromatic nitrogens is 1. The van der Waals surface area contributed by atoms with Crippen LogP contribution in [0.2, 0.25) is 0 Å². The normalized spacial score (nSPS) is 11.5. The fraction of sp³-hybridized carbons (Fsp3) is 0. The predicted octanol–water partition coefficient (Wildman–Crippen LogP) is 2.25. The molecule has 0 fully saturated rings. The lowest BCUT2D eigenvalue weighted by molar-refractivity contribution is 0.473. The van der Waals surface area contributed by atoms with Crippen molar-refractivity contribution in [2.45, 2.75) is 0 Å². The molecule has 0 unspecified atom stereocenters. The molecule has 1 aromatic heterocycles. The average Bonchev–Trinajstić information content (AvgIpc) is 2.63. The lowest BCUT2D eigenvalue weighted by atomic mass is 10.3. The van der Waals surface area contributed by atoms with Gasteiger partial charge in [-0.2, -0.15) is 5.26 Å². The van der Waals surface area contributed by atoms with Gasteiger partial charge in [0.25, 0.3) is 0 Å². The van der Waals surface area contributed by atoms with Gasteiger partial charge in [0.15, 0.2) is 5.58 Å². The maximum Gasteiger partial charge on any atom is 0.241 e. The number of fused-ring (bicyclic) bond motifs is 1. The van der Waals surface area contributed by atoms with Crippen molar-refractivity contribution in [1.82, 2.24) is 4.98 Å². The first-order valence-corrected chi connectivity index (χ1v) is 3.95. The molecule has 14 heavy (non-hydrogen) atoms. The smallest absolute Gasteiger partial charge is 0.241 e. The Morgan fingerprint density at radius 3 is 2.93 bits per heavy atom. The molecule has 4 heteroatoms. The molecule has 0 amide bonds. The largest absolute Gasteiger partial charge is 0.514 e. The number of hydrogen-bond donors (Lipinski definition) is 1. The van der Waals surface area contributed by atoms with E-state index >= 15 is 0 Å². The first-order valence-electron chi connectivity index (χ1n) is 3.95. The second-order valence-corrected chi connectivity index (χ2v) is 2.64.